The lowest BCUT2D eigenvalue weighted by Crippen LogP contribution is -2.35. The molecule has 1 amide bonds. The minimum absolute atomic E-state index is 0.140. The molecule has 1 atom stereocenters. The van der Waals surface area contributed by atoms with Gasteiger partial charge in [-0.1, -0.05) is 18.2 Å². The number of rotatable bonds is 7. The third kappa shape index (κ3) is 6.20. The number of hydrogen-bond acceptors (Lipinski definition) is 4. The molecule has 0 fully saturated rings. The quantitative estimate of drug-likeness (QED) is 0.819. The van der Waals surface area contributed by atoms with Crippen LogP contribution in [0.1, 0.15) is 20.8 Å². The number of para-hydroxylation sites is 1. The fourth-order valence-electron chi connectivity index (χ4n) is 1.97. The van der Waals surface area contributed by atoms with Crippen LogP contribution in [-0.2, 0) is 4.74 Å². The van der Waals surface area contributed by atoms with Crippen LogP contribution in [0.15, 0.2) is 54.6 Å². The van der Waals surface area contributed by atoms with Crippen molar-refractivity contribution in [1.29, 1.82) is 0 Å². The fraction of sp³-hybridized carbons (Fsp3) is 0.316. The molecule has 2 aromatic rings. The van der Waals surface area contributed by atoms with Gasteiger partial charge in [0.15, 0.2) is 0 Å². The van der Waals surface area contributed by atoms with Crippen LogP contribution >= 0.6 is 0 Å². The second kappa shape index (κ2) is 8.82. The van der Waals surface area contributed by atoms with Crippen LogP contribution < -0.4 is 14.8 Å². The van der Waals surface area contributed by atoms with E-state index in [1.165, 1.54) is 0 Å². The number of alkyl carbamates (subject to hydrolysis) is 1. The van der Waals surface area contributed by atoms with Crippen molar-refractivity contribution < 1.29 is 19.0 Å². The molecule has 5 nitrogen and oxygen atoms in total. The van der Waals surface area contributed by atoms with Crippen molar-refractivity contribution in [3.8, 4) is 17.2 Å². The molecule has 0 heterocycles. The Labute approximate surface area is 142 Å². The first-order chi connectivity index (χ1) is 11.5. The average Bonchev–Trinajstić information content (AvgIpc) is 2.55. The lowest BCUT2D eigenvalue weighted by Gasteiger charge is -2.16. The molecule has 1 unspecified atom stereocenters. The largest absolute Gasteiger partial charge is 0.489 e. The summed E-state index contributed by atoms with van der Waals surface area (Å²) in [5.74, 6) is 2.23. The van der Waals surface area contributed by atoms with Gasteiger partial charge in [-0.25, -0.2) is 4.79 Å². The molecule has 5 heteroatoms. The summed E-state index contributed by atoms with van der Waals surface area (Å²) >= 11 is 0. The third-order valence-corrected chi connectivity index (χ3v) is 3.02. The predicted molar refractivity (Wildman–Crippen MR) is 92.7 cm³/mol. The molecule has 0 aliphatic carbocycles. The van der Waals surface area contributed by atoms with E-state index in [9.17, 15) is 4.79 Å². The highest BCUT2D eigenvalue weighted by Gasteiger charge is 2.09. The maximum atomic E-state index is 11.4. The Morgan fingerprint density at radius 3 is 2.12 bits per heavy atom. The molecule has 2 aromatic carbocycles. The smallest absolute Gasteiger partial charge is 0.407 e. The number of benzene rings is 2. The normalized spacial score (nSPS) is 11.7. The summed E-state index contributed by atoms with van der Waals surface area (Å²) in [4.78, 5) is 11.4. The minimum atomic E-state index is -0.438. The zero-order chi connectivity index (χ0) is 17.4. The number of carbonyl (C=O) groups excluding carboxylic acids is 1. The maximum absolute atomic E-state index is 11.4. The molecule has 24 heavy (non-hydrogen) atoms. The Morgan fingerprint density at radius 1 is 0.917 bits per heavy atom. The zero-order valence-electron chi connectivity index (χ0n) is 14.2. The van der Waals surface area contributed by atoms with Gasteiger partial charge in [-0.2, -0.15) is 0 Å². The first-order valence-electron chi connectivity index (χ1n) is 7.97. The summed E-state index contributed by atoms with van der Waals surface area (Å²) in [5, 5.41) is 2.67. The van der Waals surface area contributed by atoms with Gasteiger partial charge in [0.25, 0.3) is 0 Å². The summed E-state index contributed by atoms with van der Waals surface area (Å²) in [7, 11) is 0. The highest BCUT2D eigenvalue weighted by Crippen LogP contribution is 2.23. The topological polar surface area (TPSA) is 56.8 Å². The van der Waals surface area contributed by atoms with Crippen molar-refractivity contribution >= 4 is 6.09 Å². The van der Waals surface area contributed by atoms with Crippen LogP contribution in [0.5, 0.6) is 17.2 Å². The molecule has 0 aliphatic rings. The van der Waals surface area contributed by atoms with Crippen molar-refractivity contribution in [2.45, 2.75) is 33.0 Å². The van der Waals surface area contributed by atoms with Crippen molar-refractivity contribution in [2.75, 3.05) is 6.54 Å². The van der Waals surface area contributed by atoms with E-state index in [1.54, 1.807) is 13.8 Å². The van der Waals surface area contributed by atoms with Gasteiger partial charge in [-0.3, -0.25) is 0 Å². The minimum Gasteiger partial charge on any atom is -0.489 e. The molecule has 1 N–H and O–H groups in total. The van der Waals surface area contributed by atoms with Crippen molar-refractivity contribution in [2.24, 2.45) is 0 Å². The van der Waals surface area contributed by atoms with Crippen molar-refractivity contribution in [3.63, 3.8) is 0 Å². The van der Waals surface area contributed by atoms with E-state index in [4.69, 9.17) is 14.2 Å². The first kappa shape index (κ1) is 17.7. The predicted octanol–water partition coefficient (Wildman–Crippen LogP) is 4.38. The van der Waals surface area contributed by atoms with Crippen molar-refractivity contribution in [1.82, 2.24) is 5.32 Å². The van der Waals surface area contributed by atoms with E-state index in [0.29, 0.717) is 12.3 Å². The highest BCUT2D eigenvalue weighted by atomic mass is 16.6. The molecular weight excluding hydrogens is 306 g/mol. The Kier molecular flexibility index (Phi) is 6.49. The summed E-state index contributed by atoms with van der Waals surface area (Å²) in [6, 6.07) is 16.9. The van der Waals surface area contributed by atoms with Gasteiger partial charge in [-0.05, 0) is 57.2 Å². The SMILES string of the molecule is CC(C)OC(=O)NCC(C)Oc1ccc(Oc2ccccc2)cc1. The monoisotopic (exact) mass is 329 g/mol. The standard InChI is InChI=1S/C19H23NO4/c1-14(2)22-19(21)20-13-15(3)23-17-9-11-18(12-10-17)24-16-7-5-4-6-8-16/h4-12,14-15H,13H2,1-3H3,(H,20,21). The van der Waals surface area contributed by atoms with Gasteiger partial charge in [-0.15, -0.1) is 0 Å². The van der Waals surface area contributed by atoms with Crippen LogP contribution in [0.3, 0.4) is 0 Å². The van der Waals surface area contributed by atoms with Gasteiger partial charge in [0.1, 0.15) is 23.4 Å². The Hall–Kier alpha value is -2.69. The molecule has 0 aliphatic heterocycles. The van der Waals surface area contributed by atoms with Gasteiger partial charge in [0.2, 0.25) is 0 Å². The van der Waals surface area contributed by atoms with Crippen molar-refractivity contribution in [3.05, 3.63) is 54.6 Å². The van der Waals surface area contributed by atoms with Gasteiger partial charge in [0, 0.05) is 0 Å². The van der Waals surface area contributed by atoms with E-state index >= 15 is 0 Å². The highest BCUT2D eigenvalue weighted by molar-refractivity contribution is 5.67. The van der Waals surface area contributed by atoms with E-state index in [0.717, 1.165) is 11.5 Å². The molecule has 0 radical (unpaired) electrons. The van der Waals surface area contributed by atoms with E-state index in [2.05, 4.69) is 5.32 Å². The summed E-state index contributed by atoms with van der Waals surface area (Å²) in [6.45, 7) is 5.86. The lowest BCUT2D eigenvalue weighted by molar-refractivity contribution is 0.110. The van der Waals surface area contributed by atoms with Crippen LogP contribution in [0, 0.1) is 0 Å². The summed E-state index contributed by atoms with van der Waals surface area (Å²) < 4.78 is 16.5. The lowest BCUT2D eigenvalue weighted by atomic mass is 10.3. The zero-order valence-corrected chi connectivity index (χ0v) is 14.2. The molecule has 128 valence electrons. The first-order valence-corrected chi connectivity index (χ1v) is 7.97. The fourth-order valence-corrected chi connectivity index (χ4v) is 1.97. The molecule has 0 spiro atoms. The van der Waals surface area contributed by atoms with E-state index < -0.39 is 6.09 Å². The second-order valence-electron chi connectivity index (χ2n) is 5.65. The van der Waals surface area contributed by atoms with Crippen LogP contribution in [0.25, 0.3) is 0 Å². The second-order valence-corrected chi connectivity index (χ2v) is 5.65. The van der Waals surface area contributed by atoms with E-state index in [1.807, 2.05) is 61.5 Å². The molecule has 0 saturated carbocycles. The molecule has 2 rings (SSSR count). The number of hydrogen-bond donors (Lipinski definition) is 1. The Morgan fingerprint density at radius 2 is 1.50 bits per heavy atom. The van der Waals surface area contributed by atoms with Gasteiger partial charge >= 0.3 is 6.09 Å². The van der Waals surface area contributed by atoms with Crippen LogP contribution in [-0.4, -0.2) is 24.8 Å². The Bertz CT molecular complexity index is 626. The molecule has 0 aromatic heterocycles. The molecule has 0 bridgehead atoms. The average molecular weight is 329 g/mol. The maximum Gasteiger partial charge on any atom is 0.407 e. The number of ether oxygens (including phenoxy) is 3. The van der Waals surface area contributed by atoms with Gasteiger partial charge < -0.3 is 19.5 Å². The molecular formula is C19H23NO4. The van der Waals surface area contributed by atoms with Crippen LogP contribution in [0.4, 0.5) is 4.79 Å². The number of carbonyl (C=O) groups is 1. The van der Waals surface area contributed by atoms with Crippen LogP contribution in [0.2, 0.25) is 0 Å². The Balaban J connectivity index is 1.79. The summed E-state index contributed by atoms with van der Waals surface area (Å²) in [6.07, 6.45) is -0.754. The van der Waals surface area contributed by atoms with Gasteiger partial charge in [0.05, 0.1) is 12.6 Å². The number of nitrogens with one attached hydrogen (secondary N) is 1. The molecule has 0 saturated heterocycles. The number of amides is 1. The summed E-state index contributed by atoms with van der Waals surface area (Å²) in [5.41, 5.74) is 0. The van der Waals surface area contributed by atoms with E-state index in [-0.39, 0.29) is 12.2 Å². The third-order valence-electron chi connectivity index (χ3n) is 3.02.